The Morgan fingerprint density at radius 3 is 2.50 bits per heavy atom. The van der Waals surface area contributed by atoms with E-state index in [9.17, 15) is 8.42 Å². The molecule has 0 aliphatic carbocycles. The lowest BCUT2D eigenvalue weighted by molar-refractivity contribution is 0.585. The summed E-state index contributed by atoms with van der Waals surface area (Å²) in [4.78, 5) is 0. The van der Waals surface area contributed by atoms with Crippen molar-refractivity contribution in [1.82, 2.24) is 4.72 Å². The number of hydrogen-bond acceptors (Lipinski definition) is 3. The zero-order valence-electron chi connectivity index (χ0n) is 8.81. The summed E-state index contributed by atoms with van der Waals surface area (Å²) in [5.41, 5.74) is 6.09. The average molecular weight is 241 g/mol. The first-order valence-electron chi connectivity index (χ1n) is 4.84. The van der Waals surface area contributed by atoms with Crippen LogP contribution in [0.25, 0.3) is 0 Å². The Morgan fingerprint density at radius 1 is 1.31 bits per heavy atom. The van der Waals surface area contributed by atoms with Gasteiger partial charge in [0.2, 0.25) is 10.0 Å². The predicted octanol–water partition coefficient (Wildman–Crippen LogP) is 0.0845. The summed E-state index contributed by atoms with van der Waals surface area (Å²) in [5, 5.41) is 6.91. The zero-order chi connectivity index (χ0) is 12.0. The molecule has 5 nitrogen and oxygen atoms in total. The molecule has 0 unspecified atom stereocenters. The maximum Gasteiger partial charge on any atom is 0.218 e. The molecule has 0 saturated heterocycles. The maximum atomic E-state index is 11.3. The lowest BCUT2D eigenvalue weighted by atomic mass is 10.2. The van der Waals surface area contributed by atoms with Gasteiger partial charge >= 0.3 is 0 Å². The number of amidine groups is 1. The molecule has 0 spiro atoms. The van der Waals surface area contributed by atoms with Crippen molar-refractivity contribution in [3.8, 4) is 0 Å². The number of hydrogen-bond donors (Lipinski definition) is 3. The van der Waals surface area contributed by atoms with Crippen molar-refractivity contribution in [2.75, 3.05) is 12.3 Å². The van der Waals surface area contributed by atoms with Crippen LogP contribution in [-0.2, 0) is 16.4 Å². The number of nitrogens with two attached hydrogens (primary N) is 1. The van der Waals surface area contributed by atoms with Crippen LogP contribution in [-0.4, -0.2) is 26.6 Å². The van der Waals surface area contributed by atoms with Crippen LogP contribution in [0.4, 0.5) is 0 Å². The fourth-order valence-corrected chi connectivity index (χ4v) is 2.18. The molecule has 4 N–H and O–H groups in total. The third-order valence-corrected chi connectivity index (χ3v) is 3.26. The maximum absolute atomic E-state index is 11.3. The summed E-state index contributed by atoms with van der Waals surface area (Å²) in [6.45, 7) is 0.319. The van der Waals surface area contributed by atoms with Gasteiger partial charge in [0.15, 0.2) is 0 Å². The molecule has 0 bridgehead atoms. The predicted molar refractivity (Wildman–Crippen MR) is 63.8 cm³/mol. The Labute approximate surface area is 95.2 Å². The minimum atomic E-state index is -3.45. The highest BCUT2D eigenvalue weighted by Crippen LogP contribution is 1.98. The van der Waals surface area contributed by atoms with E-state index in [1.54, 1.807) is 0 Å². The molecule has 0 atom stereocenters. The first-order chi connectivity index (χ1) is 7.49. The van der Waals surface area contributed by atoms with Gasteiger partial charge in [0.25, 0.3) is 0 Å². The monoisotopic (exact) mass is 241 g/mol. The molecule has 0 heterocycles. The van der Waals surface area contributed by atoms with Crippen LogP contribution in [0.2, 0.25) is 0 Å². The molecule has 6 heteroatoms. The van der Waals surface area contributed by atoms with Crippen LogP contribution in [0.5, 0.6) is 0 Å². The smallest absolute Gasteiger partial charge is 0.218 e. The number of nitrogens with one attached hydrogen (secondary N) is 2. The quantitative estimate of drug-likeness (QED) is 0.486. The lowest BCUT2D eigenvalue weighted by Crippen LogP contribution is -2.34. The highest BCUT2D eigenvalue weighted by molar-refractivity contribution is 7.90. The van der Waals surface area contributed by atoms with E-state index in [0.29, 0.717) is 13.0 Å². The van der Waals surface area contributed by atoms with E-state index in [0.717, 1.165) is 5.56 Å². The van der Waals surface area contributed by atoms with Gasteiger partial charge in [0.1, 0.15) is 11.6 Å². The number of rotatable bonds is 6. The van der Waals surface area contributed by atoms with Crippen LogP contribution in [0.3, 0.4) is 0 Å². The molecule has 0 aliphatic heterocycles. The lowest BCUT2D eigenvalue weighted by Gasteiger charge is -2.05. The molecule has 88 valence electrons. The fraction of sp³-hybridized carbons (Fsp3) is 0.300. The molecule has 0 aliphatic rings. The molecule has 16 heavy (non-hydrogen) atoms. The Hall–Kier alpha value is -1.40. The number of sulfonamides is 1. The van der Waals surface area contributed by atoms with Gasteiger partial charge in [-0.05, 0) is 12.0 Å². The van der Waals surface area contributed by atoms with Gasteiger partial charge in [0, 0.05) is 6.54 Å². The van der Waals surface area contributed by atoms with Crippen LogP contribution in [0, 0.1) is 5.41 Å². The molecule has 1 rings (SSSR count). The average Bonchev–Trinajstić information content (AvgIpc) is 2.16. The Bertz CT molecular complexity index is 442. The highest BCUT2D eigenvalue weighted by atomic mass is 32.2. The van der Waals surface area contributed by atoms with Gasteiger partial charge < -0.3 is 5.73 Å². The fourth-order valence-electron chi connectivity index (χ4n) is 1.25. The molecule has 0 aromatic heterocycles. The summed E-state index contributed by atoms with van der Waals surface area (Å²) in [7, 11) is -3.45. The van der Waals surface area contributed by atoms with Gasteiger partial charge in [-0.3, -0.25) is 5.41 Å². The van der Waals surface area contributed by atoms with E-state index in [1.807, 2.05) is 30.3 Å². The zero-order valence-corrected chi connectivity index (χ0v) is 9.63. The second-order valence-corrected chi connectivity index (χ2v) is 5.22. The molecular formula is C10H15N3O2S. The second kappa shape index (κ2) is 5.62. The molecule has 1 aromatic carbocycles. The van der Waals surface area contributed by atoms with Gasteiger partial charge in [0.05, 0.1) is 0 Å². The summed E-state index contributed by atoms with van der Waals surface area (Å²) < 4.78 is 25.0. The summed E-state index contributed by atoms with van der Waals surface area (Å²) in [6.07, 6.45) is 0.623. The minimum absolute atomic E-state index is 0.319. The largest absolute Gasteiger partial charge is 0.387 e. The van der Waals surface area contributed by atoms with Crippen LogP contribution < -0.4 is 10.5 Å². The van der Waals surface area contributed by atoms with E-state index in [4.69, 9.17) is 11.1 Å². The highest BCUT2D eigenvalue weighted by Gasteiger charge is 2.10. The molecule has 1 aromatic rings. The SMILES string of the molecule is N=C(N)CS(=O)(=O)NCCc1ccccc1. The molecule has 0 amide bonds. The van der Waals surface area contributed by atoms with Crippen LogP contribution in [0.1, 0.15) is 5.56 Å². The van der Waals surface area contributed by atoms with E-state index in [2.05, 4.69) is 4.72 Å². The first kappa shape index (κ1) is 12.7. The Balaban J connectivity index is 2.39. The third-order valence-electron chi connectivity index (χ3n) is 1.92. The minimum Gasteiger partial charge on any atom is -0.387 e. The summed E-state index contributed by atoms with van der Waals surface area (Å²) in [5.74, 6) is -0.797. The Morgan fingerprint density at radius 2 is 1.94 bits per heavy atom. The van der Waals surface area contributed by atoms with E-state index >= 15 is 0 Å². The van der Waals surface area contributed by atoms with Crippen molar-refractivity contribution in [3.63, 3.8) is 0 Å². The first-order valence-corrected chi connectivity index (χ1v) is 6.49. The van der Waals surface area contributed by atoms with Crippen molar-refractivity contribution in [2.24, 2.45) is 5.73 Å². The number of benzene rings is 1. The molecule has 0 saturated carbocycles. The van der Waals surface area contributed by atoms with Gasteiger partial charge in [-0.25, -0.2) is 13.1 Å². The van der Waals surface area contributed by atoms with Crippen LogP contribution in [0.15, 0.2) is 30.3 Å². The van der Waals surface area contributed by atoms with E-state index in [1.165, 1.54) is 0 Å². The Kier molecular flexibility index (Phi) is 4.45. The normalized spacial score (nSPS) is 11.2. The molecule has 0 radical (unpaired) electrons. The van der Waals surface area contributed by atoms with Crippen molar-refractivity contribution < 1.29 is 8.42 Å². The van der Waals surface area contributed by atoms with Crippen molar-refractivity contribution in [3.05, 3.63) is 35.9 Å². The molecular weight excluding hydrogens is 226 g/mol. The molecule has 0 fully saturated rings. The summed E-state index contributed by atoms with van der Waals surface area (Å²) >= 11 is 0. The van der Waals surface area contributed by atoms with Crippen LogP contribution >= 0.6 is 0 Å². The van der Waals surface area contributed by atoms with Crippen molar-refractivity contribution in [1.29, 1.82) is 5.41 Å². The third kappa shape index (κ3) is 4.90. The van der Waals surface area contributed by atoms with Gasteiger partial charge in [-0.15, -0.1) is 0 Å². The van der Waals surface area contributed by atoms with Crippen molar-refractivity contribution >= 4 is 15.9 Å². The van der Waals surface area contributed by atoms with E-state index in [-0.39, 0.29) is 5.84 Å². The van der Waals surface area contributed by atoms with Crippen molar-refractivity contribution in [2.45, 2.75) is 6.42 Å². The van der Waals surface area contributed by atoms with Gasteiger partial charge in [-0.2, -0.15) is 0 Å². The van der Waals surface area contributed by atoms with Gasteiger partial charge in [-0.1, -0.05) is 30.3 Å². The van der Waals surface area contributed by atoms with E-state index < -0.39 is 15.8 Å². The second-order valence-electron chi connectivity index (χ2n) is 3.41. The summed E-state index contributed by atoms with van der Waals surface area (Å²) in [6, 6.07) is 9.57. The topological polar surface area (TPSA) is 96.0 Å². The standard InChI is InChI=1S/C10H15N3O2S/c11-10(12)8-16(14,15)13-7-6-9-4-2-1-3-5-9/h1-5,13H,6-8H2,(H3,11,12).